The number of para-hydroxylation sites is 3. The Labute approximate surface area is 273 Å². The molecular weight excluding hydrogens is 587 g/mol. The highest BCUT2D eigenvalue weighted by Crippen LogP contribution is 2.47. The van der Waals surface area contributed by atoms with Crippen molar-refractivity contribution in [2.24, 2.45) is 0 Å². The molecule has 11 aromatic rings. The fourth-order valence-electron chi connectivity index (χ4n) is 8.09. The predicted octanol–water partition coefficient (Wildman–Crippen LogP) is 10.6. The normalized spacial score (nSPS) is 12.1. The van der Waals surface area contributed by atoms with Gasteiger partial charge in [-0.15, -0.1) is 0 Å². The Hall–Kier alpha value is -6.77. The summed E-state index contributed by atoms with van der Waals surface area (Å²) in [5.41, 5.74) is 8.90. The molecule has 7 aromatic carbocycles. The Morgan fingerprint density at radius 1 is 0.500 bits per heavy atom. The molecule has 11 rings (SSSR count). The third kappa shape index (κ3) is 3.18. The van der Waals surface area contributed by atoms with E-state index in [0.29, 0.717) is 11.5 Å². The number of hydrogen-bond donors (Lipinski definition) is 0. The minimum Gasteiger partial charge on any atom is -0.308 e. The van der Waals surface area contributed by atoms with E-state index in [-0.39, 0.29) is 0 Å². The molecule has 0 bridgehead atoms. The third-order valence-electron chi connectivity index (χ3n) is 10.0. The zero-order valence-corrected chi connectivity index (χ0v) is 25.5. The first-order valence-electron chi connectivity index (χ1n) is 16.1. The van der Waals surface area contributed by atoms with Crippen LogP contribution in [0, 0.1) is 11.3 Å². The number of benzene rings is 7. The van der Waals surface area contributed by atoms with Crippen molar-refractivity contribution in [3.63, 3.8) is 0 Å². The predicted molar refractivity (Wildman–Crippen MR) is 196 cm³/mol. The van der Waals surface area contributed by atoms with Crippen LogP contribution in [0.4, 0.5) is 0 Å². The van der Waals surface area contributed by atoms with Gasteiger partial charge in [0.1, 0.15) is 0 Å². The van der Waals surface area contributed by atoms with E-state index in [9.17, 15) is 5.26 Å². The summed E-state index contributed by atoms with van der Waals surface area (Å²) in [6.07, 6.45) is 0. The number of nitrogens with zero attached hydrogens (tertiary/aromatic N) is 5. The topological polar surface area (TPSA) is 58.9 Å². The molecule has 0 aliphatic heterocycles. The Morgan fingerprint density at radius 2 is 1.21 bits per heavy atom. The molecule has 0 N–H and O–H groups in total. The molecule has 0 fully saturated rings. The lowest BCUT2D eigenvalue weighted by molar-refractivity contribution is 1.02. The van der Waals surface area contributed by atoms with Crippen LogP contribution in [0.1, 0.15) is 5.56 Å². The maximum absolute atomic E-state index is 9.76. The number of rotatable bonds is 2. The molecule has 220 valence electrons. The maximum Gasteiger partial charge on any atom is 0.235 e. The zero-order chi connectivity index (χ0) is 31.5. The van der Waals surface area contributed by atoms with Crippen molar-refractivity contribution >= 4 is 81.6 Å². The van der Waals surface area contributed by atoms with Gasteiger partial charge < -0.3 is 4.40 Å². The molecule has 0 atom stereocenters. The van der Waals surface area contributed by atoms with Gasteiger partial charge in [0.15, 0.2) is 0 Å². The van der Waals surface area contributed by atoms with E-state index in [2.05, 4.69) is 118 Å². The van der Waals surface area contributed by atoms with Gasteiger partial charge >= 0.3 is 0 Å². The highest BCUT2D eigenvalue weighted by Gasteiger charge is 2.26. The summed E-state index contributed by atoms with van der Waals surface area (Å²) in [6.45, 7) is 0. The van der Waals surface area contributed by atoms with Crippen molar-refractivity contribution in [1.29, 1.82) is 5.26 Å². The molecule has 0 unspecified atom stereocenters. The summed E-state index contributed by atoms with van der Waals surface area (Å²) in [6, 6.07) is 51.0. The van der Waals surface area contributed by atoms with Gasteiger partial charge in [-0.3, -0.25) is 4.57 Å². The molecule has 4 aromatic heterocycles. The third-order valence-corrected chi connectivity index (χ3v) is 10.0. The van der Waals surface area contributed by atoms with Gasteiger partial charge in [0.05, 0.1) is 50.4 Å². The second-order valence-corrected chi connectivity index (χ2v) is 12.5. The molecule has 48 heavy (non-hydrogen) atoms. The summed E-state index contributed by atoms with van der Waals surface area (Å²) >= 11 is 0. The van der Waals surface area contributed by atoms with Crippen molar-refractivity contribution in [1.82, 2.24) is 18.9 Å². The zero-order valence-electron chi connectivity index (χ0n) is 25.5. The molecule has 5 nitrogen and oxygen atoms in total. The fourth-order valence-corrected chi connectivity index (χ4v) is 8.09. The summed E-state index contributed by atoms with van der Waals surface area (Å²) in [4.78, 5) is 10.7. The Morgan fingerprint density at radius 3 is 2.06 bits per heavy atom. The van der Waals surface area contributed by atoms with E-state index in [1.54, 1.807) is 0 Å². The van der Waals surface area contributed by atoms with Crippen LogP contribution in [0.2, 0.25) is 0 Å². The molecule has 0 spiro atoms. The minimum atomic E-state index is 0.597. The van der Waals surface area contributed by atoms with Crippen LogP contribution in [-0.4, -0.2) is 18.9 Å². The van der Waals surface area contributed by atoms with Crippen LogP contribution in [0.3, 0.4) is 0 Å². The van der Waals surface area contributed by atoms with Crippen molar-refractivity contribution in [2.45, 2.75) is 0 Å². The standard InChI is InChI=1S/C43H23N5/c44-24-25-10-9-12-27(22-25)39-31-15-3-6-17-35(31)45-43(46-39)48-40-28-13-2-1-11-26(28)20-21-30(40)34-23-33-29-14-4-7-18-36(29)47-37-19-8-5-16-32(37)38(41(33)47)42(34)48/h1-23H. The van der Waals surface area contributed by atoms with Gasteiger partial charge in [-0.05, 0) is 41.8 Å². The molecule has 0 aliphatic rings. The SMILES string of the molecule is N#Cc1cccc(-c2nc(-n3c4c5ccccc5ccc4c4cc5c6ccccc6n6c7ccccc7c(c43)c56)nc3ccccc23)c1. The molecule has 5 heteroatoms. The van der Waals surface area contributed by atoms with Crippen LogP contribution in [0.15, 0.2) is 140 Å². The summed E-state index contributed by atoms with van der Waals surface area (Å²) in [5.74, 6) is 0.602. The highest BCUT2D eigenvalue weighted by atomic mass is 15.2. The number of fused-ring (bicyclic) bond motifs is 13. The Kier molecular flexibility index (Phi) is 4.85. The van der Waals surface area contributed by atoms with Gasteiger partial charge in [0.2, 0.25) is 5.95 Å². The van der Waals surface area contributed by atoms with Gasteiger partial charge in [0.25, 0.3) is 0 Å². The monoisotopic (exact) mass is 609 g/mol. The van der Waals surface area contributed by atoms with Gasteiger partial charge in [-0.1, -0.05) is 103 Å². The molecule has 0 amide bonds. The van der Waals surface area contributed by atoms with Crippen LogP contribution in [-0.2, 0) is 0 Å². The number of nitriles is 1. The first-order chi connectivity index (χ1) is 23.8. The number of aromatic nitrogens is 4. The summed E-state index contributed by atoms with van der Waals surface area (Å²) in [7, 11) is 0. The maximum atomic E-state index is 9.76. The van der Waals surface area contributed by atoms with E-state index in [1.165, 1.54) is 43.5 Å². The first-order valence-corrected chi connectivity index (χ1v) is 16.1. The lowest BCUT2D eigenvalue weighted by Crippen LogP contribution is -2.04. The van der Waals surface area contributed by atoms with Crippen LogP contribution in [0.5, 0.6) is 0 Å². The van der Waals surface area contributed by atoms with Crippen LogP contribution < -0.4 is 0 Å². The average molecular weight is 610 g/mol. The quantitative estimate of drug-likeness (QED) is 0.196. The molecule has 0 aliphatic carbocycles. The molecule has 0 saturated heterocycles. The van der Waals surface area contributed by atoms with Crippen molar-refractivity contribution in [2.75, 3.05) is 0 Å². The van der Waals surface area contributed by atoms with Crippen LogP contribution in [0.25, 0.3) is 98.8 Å². The van der Waals surface area contributed by atoms with E-state index in [4.69, 9.17) is 9.97 Å². The highest BCUT2D eigenvalue weighted by molar-refractivity contribution is 6.35. The minimum absolute atomic E-state index is 0.597. The number of hydrogen-bond acceptors (Lipinski definition) is 3. The second kappa shape index (κ2) is 9.16. The lowest BCUT2D eigenvalue weighted by Gasteiger charge is -2.13. The Balaban J connectivity index is 1.42. The van der Waals surface area contributed by atoms with E-state index >= 15 is 0 Å². The molecular formula is C43H23N5. The average Bonchev–Trinajstić information content (AvgIpc) is 3.79. The summed E-state index contributed by atoms with van der Waals surface area (Å²) < 4.78 is 4.73. The van der Waals surface area contributed by atoms with Gasteiger partial charge in [-0.2, -0.15) is 5.26 Å². The summed E-state index contributed by atoms with van der Waals surface area (Å²) in [5, 5.41) is 20.2. The largest absolute Gasteiger partial charge is 0.308 e. The van der Waals surface area contributed by atoms with Crippen molar-refractivity contribution in [3.05, 3.63) is 145 Å². The van der Waals surface area contributed by atoms with Crippen LogP contribution >= 0.6 is 0 Å². The molecule has 0 radical (unpaired) electrons. The lowest BCUT2D eigenvalue weighted by atomic mass is 10.0. The van der Waals surface area contributed by atoms with E-state index in [1.807, 2.05) is 36.4 Å². The molecule has 4 heterocycles. The van der Waals surface area contributed by atoms with Crippen molar-refractivity contribution < 1.29 is 0 Å². The fraction of sp³-hybridized carbons (Fsp3) is 0. The van der Waals surface area contributed by atoms with Crippen molar-refractivity contribution in [3.8, 4) is 23.3 Å². The van der Waals surface area contributed by atoms with Gasteiger partial charge in [-0.25, -0.2) is 9.97 Å². The second-order valence-electron chi connectivity index (χ2n) is 12.5. The van der Waals surface area contributed by atoms with E-state index in [0.717, 1.165) is 49.4 Å². The smallest absolute Gasteiger partial charge is 0.235 e. The van der Waals surface area contributed by atoms with E-state index < -0.39 is 0 Å². The van der Waals surface area contributed by atoms with Gasteiger partial charge in [0, 0.05) is 48.7 Å². The molecule has 0 saturated carbocycles. The first kappa shape index (κ1) is 25.4. The Bertz CT molecular complexity index is 3190.